The van der Waals surface area contributed by atoms with Gasteiger partial charge < -0.3 is 20.4 Å². The van der Waals surface area contributed by atoms with E-state index < -0.39 is 6.09 Å². The van der Waals surface area contributed by atoms with Crippen LogP contribution in [0.3, 0.4) is 0 Å². The summed E-state index contributed by atoms with van der Waals surface area (Å²) in [5.41, 5.74) is 1.52. The van der Waals surface area contributed by atoms with Crippen LogP contribution in [0.2, 0.25) is 0 Å². The lowest BCUT2D eigenvalue weighted by atomic mass is 10.2. The molecule has 0 radical (unpaired) electrons. The lowest BCUT2D eigenvalue weighted by Gasteiger charge is -2.10. The van der Waals surface area contributed by atoms with E-state index in [-0.39, 0.29) is 19.1 Å². The van der Waals surface area contributed by atoms with Crippen LogP contribution in [0.15, 0.2) is 77.0 Å². The maximum Gasteiger partial charge on any atom is 0.407 e. The molecule has 3 rings (SSSR count). The number of ether oxygens (including phenoxy) is 1. The molecule has 3 N–H and O–H groups in total. The van der Waals surface area contributed by atoms with E-state index in [2.05, 4.69) is 20.6 Å². The highest BCUT2D eigenvalue weighted by molar-refractivity contribution is 7.99. The zero-order chi connectivity index (χ0) is 18.9. The van der Waals surface area contributed by atoms with E-state index in [1.807, 2.05) is 48.5 Å². The van der Waals surface area contributed by atoms with E-state index in [0.29, 0.717) is 5.69 Å². The first-order chi connectivity index (χ1) is 13.2. The van der Waals surface area contributed by atoms with Crippen molar-refractivity contribution in [2.24, 2.45) is 0 Å². The average Bonchev–Trinajstić information content (AvgIpc) is 3.20. The number of para-hydroxylation sites is 1. The van der Waals surface area contributed by atoms with Crippen molar-refractivity contribution in [3.05, 3.63) is 72.6 Å². The Hall–Kier alpha value is -3.26. The predicted molar refractivity (Wildman–Crippen MR) is 102 cm³/mol. The number of H-pyrrole nitrogens is 1. The number of carbonyl (C=O) groups excluding carboxylic acids is 2. The molecule has 138 valence electrons. The molecule has 0 atom stereocenters. The van der Waals surface area contributed by atoms with Crippen LogP contribution in [0.5, 0.6) is 0 Å². The van der Waals surface area contributed by atoms with Gasteiger partial charge in [0.1, 0.15) is 13.2 Å². The van der Waals surface area contributed by atoms with Crippen molar-refractivity contribution >= 4 is 29.4 Å². The van der Waals surface area contributed by atoms with Gasteiger partial charge in [-0.15, -0.1) is 0 Å². The molecule has 0 saturated heterocycles. The smallest absolute Gasteiger partial charge is 0.407 e. The monoisotopic (exact) mass is 382 g/mol. The summed E-state index contributed by atoms with van der Waals surface area (Å²) in [6, 6.07) is 16.7. The van der Waals surface area contributed by atoms with Crippen LogP contribution in [0.25, 0.3) is 0 Å². The van der Waals surface area contributed by atoms with Crippen LogP contribution in [0, 0.1) is 0 Å². The fourth-order valence-electron chi connectivity index (χ4n) is 2.19. The van der Waals surface area contributed by atoms with Crippen LogP contribution in [0.1, 0.15) is 5.56 Å². The highest BCUT2D eigenvalue weighted by Crippen LogP contribution is 2.31. The number of benzene rings is 2. The Bertz CT molecular complexity index is 885. The van der Waals surface area contributed by atoms with Gasteiger partial charge in [0.05, 0.1) is 5.69 Å². The molecule has 7 nitrogen and oxygen atoms in total. The third-order valence-corrected chi connectivity index (χ3v) is 4.44. The molecule has 2 amide bonds. The number of carbonyl (C=O) groups is 2. The first-order valence-corrected chi connectivity index (χ1v) is 9.03. The molecule has 0 aliphatic rings. The molecular weight excluding hydrogens is 364 g/mol. The lowest BCUT2D eigenvalue weighted by molar-refractivity contribution is -0.115. The Balaban J connectivity index is 1.47. The van der Waals surface area contributed by atoms with Gasteiger partial charge in [0.2, 0.25) is 5.91 Å². The third-order valence-electron chi connectivity index (χ3n) is 3.45. The van der Waals surface area contributed by atoms with Gasteiger partial charge in [0, 0.05) is 17.3 Å². The third kappa shape index (κ3) is 5.89. The SMILES string of the molecule is O=C(CNC(=O)OCc1ccccc1)Nc1ccccc1Sc1ncc[nH]1. The number of nitrogens with zero attached hydrogens (tertiary/aromatic N) is 1. The van der Waals surface area contributed by atoms with E-state index in [1.54, 1.807) is 18.5 Å². The standard InChI is InChI=1S/C19H18N4O3S/c24-17(12-22-19(25)26-13-14-6-2-1-3-7-14)23-15-8-4-5-9-16(15)27-18-20-10-11-21-18/h1-11H,12-13H2,(H,20,21)(H,22,25)(H,23,24). The molecular formula is C19H18N4O3S. The molecule has 0 bridgehead atoms. The molecule has 0 saturated carbocycles. The van der Waals surface area contributed by atoms with Gasteiger partial charge in [0.15, 0.2) is 5.16 Å². The summed E-state index contributed by atoms with van der Waals surface area (Å²) in [4.78, 5) is 31.9. The summed E-state index contributed by atoms with van der Waals surface area (Å²) < 4.78 is 5.08. The van der Waals surface area contributed by atoms with Crippen molar-refractivity contribution in [2.75, 3.05) is 11.9 Å². The lowest BCUT2D eigenvalue weighted by Crippen LogP contribution is -2.33. The van der Waals surface area contributed by atoms with Crippen molar-refractivity contribution in [3.8, 4) is 0 Å². The van der Waals surface area contributed by atoms with Gasteiger partial charge in [0.25, 0.3) is 0 Å². The number of alkyl carbamates (subject to hydrolysis) is 1. The van der Waals surface area contributed by atoms with Crippen molar-refractivity contribution in [3.63, 3.8) is 0 Å². The molecule has 2 aromatic carbocycles. The van der Waals surface area contributed by atoms with Crippen LogP contribution in [-0.2, 0) is 16.1 Å². The first-order valence-electron chi connectivity index (χ1n) is 8.21. The second-order valence-corrected chi connectivity index (χ2v) is 6.49. The number of amides is 2. The number of anilines is 1. The molecule has 1 heterocycles. The summed E-state index contributed by atoms with van der Waals surface area (Å²) in [6.07, 6.45) is 2.75. The quantitative estimate of drug-likeness (QED) is 0.582. The molecule has 0 unspecified atom stereocenters. The topological polar surface area (TPSA) is 96.1 Å². The second kappa shape index (κ2) is 9.44. The second-order valence-electron chi connectivity index (χ2n) is 5.46. The number of aromatic amines is 1. The molecule has 1 aromatic heterocycles. The van der Waals surface area contributed by atoms with Crippen molar-refractivity contribution in [2.45, 2.75) is 16.7 Å². The number of nitrogens with one attached hydrogen (secondary N) is 3. The first kappa shape index (κ1) is 18.5. The number of aromatic nitrogens is 2. The maximum atomic E-state index is 12.1. The zero-order valence-corrected chi connectivity index (χ0v) is 15.2. The summed E-state index contributed by atoms with van der Waals surface area (Å²) in [7, 11) is 0. The Kier molecular flexibility index (Phi) is 6.48. The molecule has 27 heavy (non-hydrogen) atoms. The average molecular weight is 382 g/mol. The van der Waals surface area contributed by atoms with Crippen molar-refractivity contribution in [1.29, 1.82) is 0 Å². The Morgan fingerprint density at radius 2 is 1.85 bits per heavy atom. The minimum atomic E-state index is -0.646. The predicted octanol–water partition coefficient (Wildman–Crippen LogP) is 3.43. The highest BCUT2D eigenvalue weighted by atomic mass is 32.2. The molecule has 8 heteroatoms. The molecule has 0 aliphatic carbocycles. The molecule has 3 aromatic rings. The van der Waals surface area contributed by atoms with Crippen molar-refractivity contribution in [1.82, 2.24) is 15.3 Å². The van der Waals surface area contributed by atoms with Gasteiger partial charge in [-0.25, -0.2) is 9.78 Å². The van der Waals surface area contributed by atoms with Gasteiger partial charge >= 0.3 is 6.09 Å². The largest absolute Gasteiger partial charge is 0.445 e. The minimum absolute atomic E-state index is 0.150. The zero-order valence-electron chi connectivity index (χ0n) is 14.3. The van der Waals surface area contributed by atoms with Crippen LogP contribution >= 0.6 is 11.8 Å². The fraction of sp³-hybridized carbons (Fsp3) is 0.105. The Labute approximate surface area is 160 Å². The molecule has 0 aliphatic heterocycles. The van der Waals surface area contributed by atoms with E-state index in [4.69, 9.17) is 4.74 Å². The highest BCUT2D eigenvalue weighted by Gasteiger charge is 2.10. The number of hydrogen-bond donors (Lipinski definition) is 3. The van der Waals surface area contributed by atoms with E-state index in [0.717, 1.165) is 15.6 Å². The summed E-state index contributed by atoms with van der Waals surface area (Å²) in [6.45, 7) is -0.0374. The Morgan fingerprint density at radius 1 is 1.07 bits per heavy atom. The van der Waals surface area contributed by atoms with E-state index >= 15 is 0 Å². The number of hydrogen-bond acceptors (Lipinski definition) is 5. The molecule has 0 spiro atoms. The van der Waals surface area contributed by atoms with Crippen molar-refractivity contribution < 1.29 is 14.3 Å². The number of imidazole rings is 1. The molecule has 0 fully saturated rings. The van der Waals surface area contributed by atoms with Gasteiger partial charge in [-0.3, -0.25) is 4.79 Å². The minimum Gasteiger partial charge on any atom is -0.445 e. The normalized spacial score (nSPS) is 10.2. The van der Waals surface area contributed by atoms with E-state index in [1.165, 1.54) is 11.8 Å². The number of rotatable bonds is 7. The summed E-state index contributed by atoms with van der Waals surface area (Å²) >= 11 is 1.40. The Morgan fingerprint density at radius 3 is 2.63 bits per heavy atom. The van der Waals surface area contributed by atoms with E-state index in [9.17, 15) is 9.59 Å². The van der Waals surface area contributed by atoms with Crippen LogP contribution in [-0.4, -0.2) is 28.5 Å². The summed E-state index contributed by atoms with van der Waals surface area (Å²) in [5, 5.41) is 5.94. The van der Waals surface area contributed by atoms with Gasteiger partial charge in [-0.2, -0.15) is 0 Å². The summed E-state index contributed by atoms with van der Waals surface area (Å²) in [5.74, 6) is -0.348. The fourth-order valence-corrected chi connectivity index (χ4v) is 3.02. The van der Waals surface area contributed by atoms with Gasteiger partial charge in [-0.1, -0.05) is 42.5 Å². The van der Waals surface area contributed by atoms with Gasteiger partial charge in [-0.05, 0) is 29.5 Å². The maximum absolute atomic E-state index is 12.1. The van der Waals surface area contributed by atoms with Crippen LogP contribution < -0.4 is 10.6 Å². The van der Waals surface area contributed by atoms with Crippen LogP contribution in [0.4, 0.5) is 10.5 Å².